The highest BCUT2D eigenvalue weighted by atomic mass is 19.4. The first-order valence-corrected chi connectivity index (χ1v) is 6.98. The predicted octanol–water partition coefficient (Wildman–Crippen LogP) is 4.82. The van der Waals surface area contributed by atoms with Gasteiger partial charge in [-0.05, 0) is 42.7 Å². The first-order chi connectivity index (χ1) is 9.39. The molecule has 0 radical (unpaired) electrons. The summed E-state index contributed by atoms with van der Waals surface area (Å²) in [6, 6.07) is 7.60. The van der Waals surface area contributed by atoms with Crippen LogP contribution in [0.25, 0.3) is 0 Å². The summed E-state index contributed by atoms with van der Waals surface area (Å²) in [4.78, 5) is 0. The van der Waals surface area contributed by atoms with Gasteiger partial charge in [0.05, 0.1) is 17.0 Å². The minimum Gasteiger partial charge on any atom is -0.197 e. The van der Waals surface area contributed by atoms with Gasteiger partial charge in [0, 0.05) is 0 Å². The van der Waals surface area contributed by atoms with Crippen LogP contribution in [0.15, 0.2) is 24.3 Å². The van der Waals surface area contributed by atoms with Crippen LogP contribution in [0.2, 0.25) is 0 Å². The van der Waals surface area contributed by atoms with E-state index in [4.69, 9.17) is 0 Å². The van der Waals surface area contributed by atoms with E-state index in [2.05, 4.69) is 6.07 Å². The predicted molar refractivity (Wildman–Crippen MR) is 68.9 cm³/mol. The van der Waals surface area contributed by atoms with Crippen molar-refractivity contribution in [3.05, 3.63) is 35.4 Å². The summed E-state index contributed by atoms with van der Waals surface area (Å²) >= 11 is 0. The summed E-state index contributed by atoms with van der Waals surface area (Å²) in [5.41, 5.74) is -0.598. The van der Waals surface area contributed by atoms with Gasteiger partial charge in [-0.1, -0.05) is 31.0 Å². The van der Waals surface area contributed by atoms with Crippen molar-refractivity contribution in [1.82, 2.24) is 0 Å². The lowest BCUT2D eigenvalue weighted by molar-refractivity contribution is -0.137. The number of benzene rings is 1. The summed E-state index contributed by atoms with van der Waals surface area (Å²) in [5.74, 6) is 0. The molecule has 2 fully saturated rings. The summed E-state index contributed by atoms with van der Waals surface area (Å²) in [7, 11) is 0. The molecule has 0 heterocycles. The highest BCUT2D eigenvalue weighted by molar-refractivity contribution is 5.40. The smallest absolute Gasteiger partial charge is 0.197 e. The molecule has 0 unspecified atom stereocenters. The maximum absolute atomic E-state index is 12.8. The number of halogens is 3. The monoisotopic (exact) mass is 279 g/mol. The van der Waals surface area contributed by atoms with Gasteiger partial charge in [-0.2, -0.15) is 18.4 Å². The third kappa shape index (κ3) is 2.00. The Balaban J connectivity index is 1.90. The van der Waals surface area contributed by atoms with Crippen molar-refractivity contribution in [2.24, 2.45) is 5.41 Å². The molecule has 2 saturated carbocycles. The molecule has 1 aromatic carbocycles. The third-order valence-electron chi connectivity index (χ3n) is 4.97. The molecule has 3 rings (SSSR count). The first kappa shape index (κ1) is 13.5. The van der Waals surface area contributed by atoms with E-state index >= 15 is 0 Å². The summed E-state index contributed by atoms with van der Waals surface area (Å²) in [6.45, 7) is 0. The molecule has 0 atom stereocenters. The molecule has 4 heteroatoms. The van der Waals surface area contributed by atoms with Crippen molar-refractivity contribution in [2.75, 3.05) is 0 Å². The molecule has 0 saturated heterocycles. The Morgan fingerprint density at radius 2 is 1.75 bits per heavy atom. The molecule has 2 aliphatic carbocycles. The van der Waals surface area contributed by atoms with Crippen LogP contribution >= 0.6 is 0 Å². The van der Waals surface area contributed by atoms with E-state index in [-0.39, 0.29) is 5.41 Å². The van der Waals surface area contributed by atoms with E-state index in [0.717, 1.165) is 37.8 Å². The fraction of sp³-hybridized carbons (Fsp3) is 0.562. The number of rotatable bonds is 1. The highest BCUT2D eigenvalue weighted by Crippen LogP contribution is 2.62. The molecule has 2 aliphatic rings. The minimum absolute atomic E-state index is 0.226. The Morgan fingerprint density at radius 3 is 2.30 bits per heavy atom. The molecule has 0 aromatic heterocycles. The standard InChI is InChI=1S/C16H16F3N/c17-16(18,19)13-5-3-4-12(8-13)15(11-20)9-14(10-15)6-1-2-7-14/h3-5,8H,1-2,6-7,9-10H2. The molecule has 0 aliphatic heterocycles. The molecule has 1 nitrogen and oxygen atoms in total. The molecule has 0 bridgehead atoms. The number of hydrogen-bond donors (Lipinski definition) is 0. The lowest BCUT2D eigenvalue weighted by atomic mass is 9.50. The molecule has 20 heavy (non-hydrogen) atoms. The van der Waals surface area contributed by atoms with Crippen LogP contribution in [-0.4, -0.2) is 0 Å². The number of alkyl halides is 3. The zero-order valence-corrected chi connectivity index (χ0v) is 11.1. The molecule has 0 N–H and O–H groups in total. The van der Waals surface area contributed by atoms with Crippen LogP contribution in [0.4, 0.5) is 13.2 Å². The second-order valence-electron chi connectivity index (χ2n) is 6.33. The van der Waals surface area contributed by atoms with Crippen molar-refractivity contribution >= 4 is 0 Å². The van der Waals surface area contributed by atoms with Crippen molar-refractivity contribution < 1.29 is 13.2 Å². The summed E-state index contributed by atoms with van der Waals surface area (Å²) in [6.07, 6.45) is 1.70. The SMILES string of the molecule is N#CC1(c2cccc(C(F)(F)F)c2)CC2(CCCC2)C1. The summed E-state index contributed by atoms with van der Waals surface area (Å²) < 4.78 is 38.4. The average molecular weight is 279 g/mol. The Hall–Kier alpha value is -1.50. The van der Waals surface area contributed by atoms with Gasteiger partial charge >= 0.3 is 6.18 Å². The van der Waals surface area contributed by atoms with Gasteiger partial charge < -0.3 is 0 Å². The normalized spacial score (nSPS) is 23.3. The average Bonchev–Trinajstić information content (AvgIpc) is 2.84. The van der Waals surface area contributed by atoms with Crippen molar-refractivity contribution in [1.29, 1.82) is 5.26 Å². The molecule has 106 valence electrons. The topological polar surface area (TPSA) is 23.8 Å². The molecule has 1 spiro atoms. The van der Waals surface area contributed by atoms with Crippen LogP contribution in [0.3, 0.4) is 0 Å². The van der Waals surface area contributed by atoms with Crippen LogP contribution in [-0.2, 0) is 11.6 Å². The number of nitriles is 1. The van der Waals surface area contributed by atoms with Gasteiger partial charge in [0.1, 0.15) is 0 Å². The van der Waals surface area contributed by atoms with Gasteiger partial charge in [0.15, 0.2) is 0 Å². The van der Waals surface area contributed by atoms with Crippen LogP contribution in [0.1, 0.15) is 49.7 Å². The van der Waals surface area contributed by atoms with Crippen molar-refractivity contribution in [2.45, 2.75) is 50.1 Å². The number of hydrogen-bond acceptors (Lipinski definition) is 1. The van der Waals surface area contributed by atoms with E-state index in [0.29, 0.717) is 5.56 Å². The zero-order chi connectivity index (χ0) is 14.4. The lowest BCUT2D eigenvalue weighted by Gasteiger charge is -2.51. The second-order valence-corrected chi connectivity index (χ2v) is 6.33. The third-order valence-corrected chi connectivity index (χ3v) is 4.97. The second kappa shape index (κ2) is 4.25. The molecular weight excluding hydrogens is 263 g/mol. The number of nitrogens with zero attached hydrogens (tertiary/aromatic N) is 1. The van der Waals surface area contributed by atoms with E-state index in [1.165, 1.54) is 18.9 Å². The lowest BCUT2D eigenvalue weighted by Crippen LogP contribution is -2.47. The van der Waals surface area contributed by atoms with Crippen molar-refractivity contribution in [3.8, 4) is 6.07 Å². The van der Waals surface area contributed by atoms with Crippen LogP contribution < -0.4 is 0 Å². The van der Waals surface area contributed by atoms with E-state index < -0.39 is 17.2 Å². The minimum atomic E-state index is -4.35. The Morgan fingerprint density at radius 1 is 1.10 bits per heavy atom. The summed E-state index contributed by atoms with van der Waals surface area (Å²) in [5, 5.41) is 9.50. The Bertz CT molecular complexity index is 554. The Labute approximate surface area is 116 Å². The maximum atomic E-state index is 12.8. The van der Waals surface area contributed by atoms with Crippen molar-refractivity contribution in [3.63, 3.8) is 0 Å². The molecule has 0 amide bonds. The van der Waals surface area contributed by atoms with Gasteiger partial charge in [-0.15, -0.1) is 0 Å². The highest BCUT2D eigenvalue weighted by Gasteiger charge is 2.56. The first-order valence-electron chi connectivity index (χ1n) is 6.98. The van der Waals surface area contributed by atoms with E-state index in [9.17, 15) is 18.4 Å². The zero-order valence-electron chi connectivity index (χ0n) is 11.1. The largest absolute Gasteiger partial charge is 0.416 e. The van der Waals surface area contributed by atoms with Gasteiger partial charge in [-0.25, -0.2) is 0 Å². The van der Waals surface area contributed by atoms with E-state index in [1.807, 2.05) is 0 Å². The van der Waals surface area contributed by atoms with Crippen LogP contribution in [0.5, 0.6) is 0 Å². The maximum Gasteiger partial charge on any atom is 0.416 e. The molecular formula is C16H16F3N. The van der Waals surface area contributed by atoms with E-state index in [1.54, 1.807) is 6.07 Å². The quantitative estimate of drug-likeness (QED) is 0.723. The Kier molecular flexibility index (Phi) is 2.86. The van der Waals surface area contributed by atoms with Crippen LogP contribution in [0, 0.1) is 16.7 Å². The van der Waals surface area contributed by atoms with Gasteiger partial charge in [-0.3, -0.25) is 0 Å². The van der Waals surface area contributed by atoms with Gasteiger partial charge in [0.25, 0.3) is 0 Å². The van der Waals surface area contributed by atoms with Gasteiger partial charge in [0.2, 0.25) is 0 Å². The fourth-order valence-corrected chi connectivity index (χ4v) is 4.05. The molecule has 1 aromatic rings. The fourth-order valence-electron chi connectivity index (χ4n) is 4.05.